The molecule has 0 fully saturated rings. The predicted octanol–water partition coefficient (Wildman–Crippen LogP) is 2.87. The molecule has 0 radical (unpaired) electrons. The number of benzene rings is 1. The van der Waals surface area contributed by atoms with Crippen molar-refractivity contribution in [1.82, 2.24) is 9.55 Å². The van der Waals surface area contributed by atoms with Gasteiger partial charge in [0.05, 0.1) is 19.2 Å². The zero-order valence-corrected chi connectivity index (χ0v) is 11.6. The van der Waals surface area contributed by atoms with Gasteiger partial charge in [0.2, 0.25) is 0 Å². The summed E-state index contributed by atoms with van der Waals surface area (Å²) >= 11 is 0. The van der Waals surface area contributed by atoms with Crippen molar-refractivity contribution in [3.8, 4) is 5.75 Å². The predicted molar refractivity (Wildman–Crippen MR) is 73.5 cm³/mol. The fraction of sp³-hybridized carbons (Fsp3) is 0.333. The van der Waals surface area contributed by atoms with Crippen molar-refractivity contribution < 1.29 is 13.9 Å². The largest absolute Gasteiger partial charge is 0.496 e. The maximum Gasteiger partial charge on any atom is 0.186 e. The molecule has 5 heteroatoms. The number of imidazole rings is 1. The van der Waals surface area contributed by atoms with E-state index in [-0.39, 0.29) is 17.9 Å². The number of aromatic nitrogens is 2. The van der Waals surface area contributed by atoms with Gasteiger partial charge >= 0.3 is 0 Å². The van der Waals surface area contributed by atoms with Crippen molar-refractivity contribution in [1.29, 1.82) is 0 Å². The highest BCUT2D eigenvalue weighted by molar-refractivity contribution is 5.98. The van der Waals surface area contributed by atoms with Gasteiger partial charge in [0.25, 0.3) is 0 Å². The Bertz CT molecular complexity index is 608. The first kappa shape index (κ1) is 14.2. The number of hydrogen-bond donors (Lipinski definition) is 0. The van der Waals surface area contributed by atoms with Gasteiger partial charge in [0.1, 0.15) is 17.4 Å². The summed E-state index contributed by atoms with van der Waals surface area (Å²) in [5.41, 5.74) is 0.253. The van der Waals surface area contributed by atoms with Crippen LogP contribution in [0.25, 0.3) is 0 Å². The first-order valence-electron chi connectivity index (χ1n) is 6.52. The second-order valence-corrected chi connectivity index (χ2v) is 4.49. The lowest BCUT2D eigenvalue weighted by Crippen LogP contribution is -2.13. The lowest BCUT2D eigenvalue weighted by atomic mass is 10.1. The second-order valence-electron chi connectivity index (χ2n) is 4.49. The van der Waals surface area contributed by atoms with E-state index in [4.69, 9.17) is 4.74 Å². The van der Waals surface area contributed by atoms with Gasteiger partial charge < -0.3 is 9.30 Å². The number of ether oxygens (including phenoxy) is 1. The third-order valence-corrected chi connectivity index (χ3v) is 3.05. The number of rotatable bonds is 6. The summed E-state index contributed by atoms with van der Waals surface area (Å²) in [6, 6.07) is 3.94. The van der Waals surface area contributed by atoms with Gasteiger partial charge in [-0.1, -0.05) is 6.92 Å². The average Bonchev–Trinajstić information content (AvgIpc) is 2.86. The van der Waals surface area contributed by atoms with E-state index >= 15 is 0 Å². The van der Waals surface area contributed by atoms with E-state index in [0.717, 1.165) is 18.7 Å². The van der Waals surface area contributed by atoms with E-state index in [1.54, 1.807) is 17.0 Å². The van der Waals surface area contributed by atoms with E-state index < -0.39 is 5.82 Å². The summed E-state index contributed by atoms with van der Waals surface area (Å²) in [5.74, 6) is 0.593. The summed E-state index contributed by atoms with van der Waals surface area (Å²) in [5, 5.41) is 0. The van der Waals surface area contributed by atoms with Crippen LogP contribution in [0, 0.1) is 5.82 Å². The molecule has 2 aromatic rings. The Morgan fingerprint density at radius 1 is 1.45 bits per heavy atom. The minimum Gasteiger partial charge on any atom is -0.496 e. The molecule has 0 atom stereocenters. The van der Waals surface area contributed by atoms with Crippen LogP contribution in [0.4, 0.5) is 4.39 Å². The number of nitrogens with zero attached hydrogens (tertiary/aromatic N) is 2. The van der Waals surface area contributed by atoms with Crippen LogP contribution in [0.3, 0.4) is 0 Å². The maximum absolute atomic E-state index is 13.3. The molecule has 20 heavy (non-hydrogen) atoms. The molecule has 2 rings (SSSR count). The molecule has 0 N–H and O–H groups in total. The number of ketones is 1. The summed E-state index contributed by atoms with van der Waals surface area (Å²) in [4.78, 5) is 16.5. The summed E-state index contributed by atoms with van der Waals surface area (Å²) in [6.07, 6.45) is 5.19. The van der Waals surface area contributed by atoms with Gasteiger partial charge in [-0.25, -0.2) is 9.37 Å². The van der Waals surface area contributed by atoms with Crippen LogP contribution < -0.4 is 4.74 Å². The number of carbonyl (C=O) groups excluding carboxylic acids is 1. The number of carbonyl (C=O) groups is 1. The minimum atomic E-state index is -0.450. The van der Waals surface area contributed by atoms with Gasteiger partial charge in [-0.15, -0.1) is 0 Å². The Labute approximate surface area is 117 Å². The van der Waals surface area contributed by atoms with Crippen LogP contribution in [-0.2, 0) is 13.0 Å². The zero-order valence-electron chi connectivity index (χ0n) is 11.6. The third kappa shape index (κ3) is 3.04. The molecule has 1 aromatic carbocycles. The summed E-state index contributed by atoms with van der Waals surface area (Å²) < 4.78 is 20.2. The molecule has 0 aliphatic carbocycles. The standard InChI is InChI=1S/C15H17FN2O2/c1-3-4-15-17-7-8-18(15)10-13(19)12-9-11(16)5-6-14(12)20-2/h5-9H,3-4,10H2,1-2H3. The monoisotopic (exact) mass is 276 g/mol. The van der Waals surface area contributed by atoms with Crippen molar-refractivity contribution in [3.05, 3.63) is 47.8 Å². The molecule has 0 unspecified atom stereocenters. The smallest absolute Gasteiger partial charge is 0.186 e. The van der Waals surface area contributed by atoms with Crippen molar-refractivity contribution in [2.45, 2.75) is 26.3 Å². The molecule has 0 saturated heterocycles. The molecule has 0 bridgehead atoms. The number of aryl methyl sites for hydroxylation is 1. The van der Waals surface area contributed by atoms with Crippen LogP contribution in [0.2, 0.25) is 0 Å². The van der Waals surface area contributed by atoms with Crippen molar-refractivity contribution in [3.63, 3.8) is 0 Å². The van der Waals surface area contributed by atoms with Gasteiger partial charge in [-0.05, 0) is 24.6 Å². The van der Waals surface area contributed by atoms with Crippen molar-refractivity contribution >= 4 is 5.78 Å². The third-order valence-electron chi connectivity index (χ3n) is 3.05. The van der Waals surface area contributed by atoms with Crippen LogP contribution in [0.1, 0.15) is 29.5 Å². The lowest BCUT2D eigenvalue weighted by molar-refractivity contribution is 0.0967. The van der Waals surface area contributed by atoms with Crippen molar-refractivity contribution in [2.75, 3.05) is 7.11 Å². The molecule has 0 spiro atoms. The van der Waals surface area contributed by atoms with E-state index in [2.05, 4.69) is 11.9 Å². The van der Waals surface area contributed by atoms with Crippen LogP contribution >= 0.6 is 0 Å². The Hall–Kier alpha value is -2.17. The van der Waals surface area contributed by atoms with Gasteiger partial charge in [0.15, 0.2) is 5.78 Å². The molecule has 1 aromatic heterocycles. The Morgan fingerprint density at radius 3 is 2.95 bits per heavy atom. The van der Waals surface area contributed by atoms with Gasteiger partial charge in [-0.2, -0.15) is 0 Å². The fourth-order valence-corrected chi connectivity index (χ4v) is 2.07. The van der Waals surface area contributed by atoms with Crippen LogP contribution in [0.5, 0.6) is 5.75 Å². The van der Waals surface area contributed by atoms with Gasteiger partial charge in [-0.3, -0.25) is 4.79 Å². The highest BCUT2D eigenvalue weighted by Gasteiger charge is 2.15. The molecule has 0 aliphatic rings. The molecule has 0 aliphatic heterocycles. The highest BCUT2D eigenvalue weighted by Crippen LogP contribution is 2.20. The highest BCUT2D eigenvalue weighted by atomic mass is 19.1. The second kappa shape index (κ2) is 6.32. The number of halogens is 1. The number of hydrogen-bond acceptors (Lipinski definition) is 3. The maximum atomic E-state index is 13.3. The molecule has 1 heterocycles. The first-order valence-corrected chi connectivity index (χ1v) is 6.52. The van der Waals surface area contributed by atoms with Gasteiger partial charge in [0, 0.05) is 18.8 Å². The topological polar surface area (TPSA) is 44.1 Å². The van der Waals surface area contributed by atoms with E-state index in [9.17, 15) is 9.18 Å². The number of Topliss-reactive ketones (excluding diaryl/α,β-unsaturated/α-hetero) is 1. The van der Waals surface area contributed by atoms with E-state index in [1.165, 1.54) is 25.3 Å². The SMILES string of the molecule is CCCc1nccn1CC(=O)c1cc(F)ccc1OC. The Kier molecular flexibility index (Phi) is 4.50. The zero-order chi connectivity index (χ0) is 14.5. The molecule has 0 amide bonds. The molecule has 0 saturated carbocycles. The van der Waals surface area contributed by atoms with Crippen LogP contribution in [0.15, 0.2) is 30.6 Å². The molecule has 4 nitrogen and oxygen atoms in total. The van der Waals surface area contributed by atoms with Crippen LogP contribution in [-0.4, -0.2) is 22.4 Å². The normalized spacial score (nSPS) is 10.6. The van der Waals surface area contributed by atoms with E-state index in [1.807, 2.05) is 0 Å². The first-order chi connectivity index (χ1) is 9.65. The Balaban J connectivity index is 2.23. The molecular weight excluding hydrogens is 259 g/mol. The number of methoxy groups -OCH3 is 1. The fourth-order valence-electron chi connectivity index (χ4n) is 2.07. The average molecular weight is 276 g/mol. The summed E-state index contributed by atoms with van der Waals surface area (Å²) in [6.45, 7) is 2.19. The summed E-state index contributed by atoms with van der Waals surface area (Å²) in [7, 11) is 1.46. The van der Waals surface area contributed by atoms with Crippen molar-refractivity contribution in [2.24, 2.45) is 0 Å². The molecular formula is C15H17FN2O2. The lowest BCUT2D eigenvalue weighted by Gasteiger charge is -2.10. The molecule has 106 valence electrons. The quantitative estimate of drug-likeness (QED) is 0.762. The van der Waals surface area contributed by atoms with E-state index in [0.29, 0.717) is 5.75 Å². The Morgan fingerprint density at radius 2 is 2.25 bits per heavy atom. The minimum absolute atomic E-state index is 0.134.